The monoisotopic (exact) mass is 419 g/mol. The molecule has 7 nitrogen and oxygen atoms in total. The molecule has 0 amide bonds. The Bertz CT molecular complexity index is 1220. The number of benzene rings is 2. The Kier molecular flexibility index (Phi) is 4.51. The van der Waals surface area contributed by atoms with Gasteiger partial charge in [-0.2, -0.15) is 0 Å². The summed E-state index contributed by atoms with van der Waals surface area (Å²) in [6, 6.07) is 17.2. The standard InChI is InChI=1S/C24H27N4O3/c1-17-22(23(29)28(25(17)2)19-8-5-4-6-9-19)26-16-24(30,27-15-7-10-21(26)27)18-11-13-20(31-3)14-12-18/h4-6,8-9,11-14,30H,7,10,15-16H2,1-3H3/q+1. The van der Waals surface area contributed by atoms with Gasteiger partial charge in [0.15, 0.2) is 6.54 Å². The molecule has 0 radical (unpaired) electrons. The lowest BCUT2D eigenvalue weighted by molar-refractivity contribution is -0.652. The second-order valence-electron chi connectivity index (χ2n) is 8.21. The number of methoxy groups -OCH3 is 1. The van der Waals surface area contributed by atoms with Gasteiger partial charge in [0, 0.05) is 12.6 Å². The largest absolute Gasteiger partial charge is 0.497 e. The van der Waals surface area contributed by atoms with E-state index in [0.717, 1.165) is 47.9 Å². The lowest BCUT2D eigenvalue weighted by Gasteiger charge is -2.23. The molecule has 1 N–H and O–H groups in total. The van der Waals surface area contributed by atoms with Gasteiger partial charge in [-0.3, -0.25) is 9.48 Å². The molecule has 0 spiro atoms. The first-order valence-corrected chi connectivity index (χ1v) is 10.6. The van der Waals surface area contributed by atoms with Gasteiger partial charge in [0.25, 0.3) is 11.6 Å². The molecule has 0 aliphatic carbocycles. The molecule has 0 saturated carbocycles. The highest BCUT2D eigenvalue weighted by Gasteiger charge is 2.55. The van der Waals surface area contributed by atoms with Crippen molar-refractivity contribution in [3.05, 3.63) is 76.2 Å². The molecule has 31 heavy (non-hydrogen) atoms. The molecule has 5 rings (SSSR count). The molecule has 1 atom stereocenters. The number of hydrogen-bond acceptors (Lipinski definition) is 4. The van der Waals surface area contributed by atoms with Gasteiger partial charge in [0.05, 0.1) is 31.5 Å². The molecular weight excluding hydrogens is 392 g/mol. The maximum absolute atomic E-state index is 13.6. The van der Waals surface area contributed by atoms with Crippen LogP contribution in [0, 0.1) is 6.92 Å². The van der Waals surface area contributed by atoms with Gasteiger partial charge in [-0.05, 0) is 49.7 Å². The topological polar surface area (TPSA) is 62.6 Å². The van der Waals surface area contributed by atoms with Crippen molar-refractivity contribution >= 4 is 11.5 Å². The van der Waals surface area contributed by atoms with Crippen molar-refractivity contribution in [2.45, 2.75) is 25.5 Å². The summed E-state index contributed by atoms with van der Waals surface area (Å²) >= 11 is 0. The van der Waals surface area contributed by atoms with Gasteiger partial charge in [-0.25, -0.2) is 14.2 Å². The second kappa shape index (κ2) is 7.13. The van der Waals surface area contributed by atoms with Gasteiger partial charge in [-0.1, -0.05) is 18.2 Å². The predicted molar refractivity (Wildman–Crippen MR) is 119 cm³/mol. The van der Waals surface area contributed by atoms with Crippen molar-refractivity contribution in [3.8, 4) is 11.4 Å². The molecule has 3 aromatic rings. The molecular formula is C24H27N4O3+. The zero-order valence-electron chi connectivity index (χ0n) is 18.1. The normalized spacial score (nSPS) is 20.5. The Balaban J connectivity index is 1.62. The van der Waals surface area contributed by atoms with Crippen LogP contribution in [0.4, 0.5) is 5.69 Å². The van der Waals surface area contributed by atoms with E-state index < -0.39 is 5.72 Å². The highest BCUT2D eigenvalue weighted by molar-refractivity contribution is 5.96. The number of para-hydroxylation sites is 1. The molecule has 2 aliphatic rings. The lowest BCUT2D eigenvalue weighted by atomic mass is 10.0. The molecule has 2 aromatic carbocycles. The highest BCUT2D eigenvalue weighted by atomic mass is 16.5. The van der Waals surface area contributed by atoms with Crippen LogP contribution in [0.25, 0.3) is 5.69 Å². The molecule has 0 fully saturated rings. The minimum Gasteiger partial charge on any atom is -0.497 e. The van der Waals surface area contributed by atoms with E-state index in [1.54, 1.807) is 11.8 Å². The SMILES string of the molecule is COc1ccc(C2(O)CN(c3c(C)n(C)n(-c4ccccc4)c3=O)C3=[N+]2CCC3)cc1. The number of anilines is 1. The first-order chi connectivity index (χ1) is 15.0. The summed E-state index contributed by atoms with van der Waals surface area (Å²) < 4.78 is 10.9. The molecule has 0 bridgehead atoms. The quantitative estimate of drug-likeness (QED) is 0.660. The third-order valence-corrected chi connectivity index (χ3v) is 6.58. The van der Waals surface area contributed by atoms with Crippen molar-refractivity contribution in [1.29, 1.82) is 0 Å². The maximum atomic E-state index is 13.6. The number of nitrogens with zero attached hydrogens (tertiary/aromatic N) is 4. The number of ether oxygens (including phenoxy) is 1. The van der Waals surface area contributed by atoms with E-state index in [1.165, 1.54) is 0 Å². The molecule has 7 heteroatoms. The first-order valence-electron chi connectivity index (χ1n) is 10.6. The summed E-state index contributed by atoms with van der Waals surface area (Å²) in [5.74, 6) is 1.75. The summed E-state index contributed by atoms with van der Waals surface area (Å²) in [5.41, 5.74) is 1.84. The zero-order valence-corrected chi connectivity index (χ0v) is 18.1. The first kappa shape index (κ1) is 19.6. The van der Waals surface area contributed by atoms with Crippen molar-refractivity contribution in [3.63, 3.8) is 0 Å². The highest BCUT2D eigenvalue weighted by Crippen LogP contribution is 2.37. The number of β-amino-alcohol motifs (C(OH)–C–C–N with tert-alkyl or cyclic N) is 1. The molecule has 160 valence electrons. The van der Waals surface area contributed by atoms with E-state index >= 15 is 0 Å². The summed E-state index contributed by atoms with van der Waals surface area (Å²) in [6.45, 7) is 3.03. The summed E-state index contributed by atoms with van der Waals surface area (Å²) in [5, 5.41) is 11.8. The van der Waals surface area contributed by atoms with E-state index in [2.05, 4.69) is 0 Å². The number of aliphatic hydroxyl groups is 1. The van der Waals surface area contributed by atoms with E-state index in [-0.39, 0.29) is 5.56 Å². The van der Waals surface area contributed by atoms with Crippen LogP contribution in [-0.2, 0) is 12.8 Å². The van der Waals surface area contributed by atoms with Crippen LogP contribution in [0.5, 0.6) is 5.75 Å². The summed E-state index contributed by atoms with van der Waals surface area (Å²) in [6.07, 6.45) is 1.78. The van der Waals surface area contributed by atoms with Crippen LogP contribution in [0.2, 0.25) is 0 Å². The van der Waals surface area contributed by atoms with Crippen LogP contribution in [0.1, 0.15) is 24.1 Å². The van der Waals surface area contributed by atoms with Crippen LogP contribution in [0.3, 0.4) is 0 Å². The summed E-state index contributed by atoms with van der Waals surface area (Å²) in [7, 11) is 3.53. The van der Waals surface area contributed by atoms with E-state index in [0.29, 0.717) is 12.2 Å². The van der Waals surface area contributed by atoms with Crippen molar-refractivity contribution in [2.75, 3.05) is 25.1 Å². The van der Waals surface area contributed by atoms with Crippen LogP contribution >= 0.6 is 0 Å². The van der Waals surface area contributed by atoms with Gasteiger partial charge in [0.2, 0.25) is 5.69 Å². The molecule has 3 heterocycles. The number of hydrogen-bond donors (Lipinski definition) is 1. The average molecular weight is 420 g/mol. The van der Waals surface area contributed by atoms with E-state index in [9.17, 15) is 9.90 Å². The third kappa shape index (κ3) is 2.84. The minimum atomic E-state index is -1.19. The minimum absolute atomic E-state index is 0.0791. The number of aromatic nitrogens is 2. The van der Waals surface area contributed by atoms with Crippen LogP contribution in [-0.4, -0.2) is 45.1 Å². The average Bonchev–Trinajstić information content (AvgIpc) is 3.44. The molecule has 0 saturated heterocycles. The Morgan fingerprint density at radius 3 is 2.48 bits per heavy atom. The van der Waals surface area contributed by atoms with Gasteiger partial charge in [0.1, 0.15) is 5.75 Å². The Hall–Kier alpha value is -3.32. The van der Waals surface area contributed by atoms with Crippen molar-refractivity contribution in [1.82, 2.24) is 9.36 Å². The van der Waals surface area contributed by atoms with E-state index in [1.807, 2.05) is 82.7 Å². The lowest BCUT2D eigenvalue weighted by Crippen LogP contribution is -2.41. The molecule has 2 aliphatic heterocycles. The van der Waals surface area contributed by atoms with Crippen LogP contribution in [0.15, 0.2) is 59.4 Å². The smallest absolute Gasteiger partial charge is 0.318 e. The molecule has 1 aromatic heterocycles. The second-order valence-corrected chi connectivity index (χ2v) is 8.21. The summed E-state index contributed by atoms with van der Waals surface area (Å²) in [4.78, 5) is 15.6. The number of rotatable bonds is 4. The fourth-order valence-electron chi connectivity index (χ4n) is 4.91. The van der Waals surface area contributed by atoms with Crippen molar-refractivity contribution < 1.29 is 14.4 Å². The third-order valence-electron chi connectivity index (χ3n) is 6.58. The fraction of sp³-hybridized carbons (Fsp3) is 0.333. The Labute approximate surface area is 181 Å². The van der Waals surface area contributed by atoms with Crippen molar-refractivity contribution in [2.24, 2.45) is 7.05 Å². The number of amidine groups is 1. The molecule has 1 unspecified atom stereocenters. The van der Waals surface area contributed by atoms with Gasteiger partial charge < -0.3 is 9.84 Å². The van der Waals surface area contributed by atoms with Gasteiger partial charge in [-0.15, -0.1) is 0 Å². The maximum Gasteiger partial charge on any atom is 0.318 e. The van der Waals surface area contributed by atoms with Gasteiger partial charge >= 0.3 is 5.56 Å². The Morgan fingerprint density at radius 2 is 1.81 bits per heavy atom. The fourth-order valence-corrected chi connectivity index (χ4v) is 4.91. The van der Waals surface area contributed by atoms with Crippen LogP contribution < -0.4 is 15.2 Å². The zero-order chi connectivity index (χ0) is 21.8. The Morgan fingerprint density at radius 1 is 1.10 bits per heavy atom. The van der Waals surface area contributed by atoms with E-state index in [4.69, 9.17) is 4.74 Å². The predicted octanol–water partition coefficient (Wildman–Crippen LogP) is 2.36.